The van der Waals surface area contributed by atoms with E-state index in [-0.39, 0.29) is 11.4 Å². The van der Waals surface area contributed by atoms with Crippen molar-refractivity contribution in [2.45, 2.75) is 0 Å². The fraction of sp³-hybridized carbons (Fsp3) is 0. The molecule has 92 valence electrons. The zero-order chi connectivity index (χ0) is 13.1. The first-order valence-electron chi connectivity index (χ1n) is 5.03. The van der Waals surface area contributed by atoms with Crippen LogP contribution in [0.25, 0.3) is 0 Å². The van der Waals surface area contributed by atoms with Crippen LogP contribution in [-0.4, -0.2) is 4.92 Å². The molecule has 0 unspecified atom stereocenters. The highest BCUT2D eigenvalue weighted by Crippen LogP contribution is 2.29. The Kier molecular flexibility index (Phi) is 3.09. The highest BCUT2D eigenvalue weighted by atomic mass is 19.1. The van der Waals surface area contributed by atoms with Crippen LogP contribution in [0.4, 0.5) is 15.8 Å². The fourth-order valence-corrected chi connectivity index (χ4v) is 1.41. The summed E-state index contributed by atoms with van der Waals surface area (Å²) in [6, 6.07) is 9.63. The predicted octanol–water partition coefficient (Wildman–Crippen LogP) is 3.11. The highest BCUT2D eigenvalue weighted by Gasteiger charge is 2.11. The molecule has 0 aromatic heterocycles. The Bertz CT molecular complexity index is 602. The van der Waals surface area contributed by atoms with Crippen LogP contribution in [0, 0.1) is 15.9 Å². The van der Waals surface area contributed by atoms with Crippen LogP contribution < -0.4 is 10.5 Å². The summed E-state index contributed by atoms with van der Waals surface area (Å²) in [5.74, 6) is -0.397. The molecule has 0 bridgehead atoms. The second kappa shape index (κ2) is 4.70. The van der Waals surface area contributed by atoms with E-state index in [0.29, 0.717) is 11.4 Å². The topological polar surface area (TPSA) is 78.4 Å². The molecule has 0 aliphatic rings. The Morgan fingerprint density at radius 3 is 2.61 bits per heavy atom. The van der Waals surface area contributed by atoms with Crippen molar-refractivity contribution >= 4 is 11.4 Å². The second-order valence-corrected chi connectivity index (χ2v) is 3.54. The molecule has 2 N–H and O–H groups in total. The summed E-state index contributed by atoms with van der Waals surface area (Å²) < 4.78 is 18.5. The van der Waals surface area contributed by atoms with Gasteiger partial charge in [-0.3, -0.25) is 10.1 Å². The van der Waals surface area contributed by atoms with Crippen LogP contribution in [-0.2, 0) is 0 Å². The Labute approximate surface area is 102 Å². The van der Waals surface area contributed by atoms with Crippen molar-refractivity contribution in [3.8, 4) is 11.5 Å². The van der Waals surface area contributed by atoms with E-state index in [9.17, 15) is 14.5 Å². The summed E-state index contributed by atoms with van der Waals surface area (Å²) in [6.07, 6.45) is 0. The maximum absolute atomic E-state index is 13.2. The lowest BCUT2D eigenvalue weighted by molar-refractivity contribution is -0.385. The molecule has 5 nitrogen and oxygen atoms in total. The van der Waals surface area contributed by atoms with E-state index in [1.807, 2.05) is 0 Å². The van der Waals surface area contributed by atoms with Gasteiger partial charge in [-0.2, -0.15) is 0 Å². The molecule has 2 aromatic carbocycles. The van der Waals surface area contributed by atoms with Crippen LogP contribution in [0.3, 0.4) is 0 Å². The largest absolute Gasteiger partial charge is 0.455 e. The summed E-state index contributed by atoms with van der Waals surface area (Å²) >= 11 is 0. The maximum atomic E-state index is 13.2. The molecule has 6 heteroatoms. The van der Waals surface area contributed by atoms with Gasteiger partial charge in [0.05, 0.1) is 22.7 Å². The van der Waals surface area contributed by atoms with Gasteiger partial charge in [0.1, 0.15) is 17.3 Å². The average Bonchev–Trinajstić information content (AvgIpc) is 2.31. The Balaban J connectivity index is 2.35. The van der Waals surface area contributed by atoms with Gasteiger partial charge in [-0.25, -0.2) is 4.39 Å². The first-order valence-corrected chi connectivity index (χ1v) is 5.03. The van der Waals surface area contributed by atoms with Gasteiger partial charge in [-0.15, -0.1) is 0 Å². The van der Waals surface area contributed by atoms with Crippen molar-refractivity contribution in [3.63, 3.8) is 0 Å². The third-order valence-electron chi connectivity index (χ3n) is 2.21. The van der Waals surface area contributed by atoms with E-state index < -0.39 is 10.7 Å². The molecule has 0 spiro atoms. The Hall–Kier alpha value is -2.63. The normalized spacial score (nSPS) is 10.1. The third kappa shape index (κ3) is 2.54. The van der Waals surface area contributed by atoms with Crippen LogP contribution in [0.5, 0.6) is 11.5 Å². The van der Waals surface area contributed by atoms with Gasteiger partial charge >= 0.3 is 0 Å². The van der Waals surface area contributed by atoms with Crippen molar-refractivity contribution in [2.75, 3.05) is 5.73 Å². The predicted molar refractivity (Wildman–Crippen MR) is 64.0 cm³/mol. The number of nitro groups is 1. The van der Waals surface area contributed by atoms with E-state index in [2.05, 4.69) is 0 Å². The number of non-ortho nitro benzene ring substituents is 1. The molecule has 0 atom stereocenters. The number of nitrogens with two attached hydrogens (primary N) is 1. The molecule has 0 fully saturated rings. The molecule has 18 heavy (non-hydrogen) atoms. The molecular weight excluding hydrogens is 239 g/mol. The molecule has 0 saturated carbocycles. The highest BCUT2D eigenvalue weighted by molar-refractivity contribution is 5.54. The SMILES string of the molecule is Nc1ccccc1Oc1cc(F)cc([N+](=O)[O-])c1. The van der Waals surface area contributed by atoms with Gasteiger partial charge in [0.25, 0.3) is 5.69 Å². The lowest BCUT2D eigenvalue weighted by Crippen LogP contribution is -1.94. The molecule has 2 rings (SSSR count). The molecule has 0 saturated heterocycles. The first kappa shape index (κ1) is 11.8. The molecule has 0 amide bonds. The van der Waals surface area contributed by atoms with Gasteiger partial charge in [0, 0.05) is 6.07 Å². The van der Waals surface area contributed by atoms with Crippen molar-refractivity contribution < 1.29 is 14.1 Å². The van der Waals surface area contributed by atoms with Gasteiger partial charge in [-0.1, -0.05) is 12.1 Å². The third-order valence-corrected chi connectivity index (χ3v) is 2.21. The number of para-hydroxylation sites is 2. The number of hydrogen-bond donors (Lipinski definition) is 1. The number of rotatable bonds is 3. The average molecular weight is 248 g/mol. The minimum absolute atomic E-state index is 0.0274. The lowest BCUT2D eigenvalue weighted by Gasteiger charge is -2.07. The number of halogens is 1. The van der Waals surface area contributed by atoms with E-state index in [1.165, 1.54) is 0 Å². The molecular formula is C12H9FN2O3. The van der Waals surface area contributed by atoms with E-state index in [1.54, 1.807) is 24.3 Å². The van der Waals surface area contributed by atoms with Gasteiger partial charge in [0.15, 0.2) is 0 Å². The van der Waals surface area contributed by atoms with Crippen LogP contribution in [0.2, 0.25) is 0 Å². The molecule has 0 aliphatic heterocycles. The van der Waals surface area contributed by atoms with Gasteiger partial charge in [-0.05, 0) is 12.1 Å². The molecule has 2 aromatic rings. The van der Waals surface area contributed by atoms with Crippen LogP contribution in [0.15, 0.2) is 42.5 Å². The van der Waals surface area contributed by atoms with Crippen LogP contribution in [0.1, 0.15) is 0 Å². The summed E-state index contributed by atoms with van der Waals surface area (Å²) in [6.45, 7) is 0. The summed E-state index contributed by atoms with van der Waals surface area (Å²) in [4.78, 5) is 9.89. The lowest BCUT2D eigenvalue weighted by atomic mass is 10.2. The Morgan fingerprint density at radius 1 is 1.22 bits per heavy atom. The van der Waals surface area contributed by atoms with Crippen molar-refractivity contribution in [3.05, 3.63) is 58.4 Å². The first-order chi connectivity index (χ1) is 8.56. The summed E-state index contributed by atoms with van der Waals surface area (Å²) in [7, 11) is 0. The van der Waals surface area contributed by atoms with Crippen molar-refractivity contribution in [1.29, 1.82) is 0 Å². The number of hydrogen-bond acceptors (Lipinski definition) is 4. The zero-order valence-electron chi connectivity index (χ0n) is 9.17. The number of nitrogens with zero attached hydrogens (tertiary/aromatic N) is 1. The molecule has 0 radical (unpaired) electrons. The van der Waals surface area contributed by atoms with Gasteiger partial charge < -0.3 is 10.5 Å². The van der Waals surface area contributed by atoms with Crippen molar-refractivity contribution in [2.24, 2.45) is 0 Å². The summed E-state index contributed by atoms with van der Waals surface area (Å²) in [5.41, 5.74) is 5.64. The smallest absolute Gasteiger partial charge is 0.276 e. The monoisotopic (exact) mass is 248 g/mol. The standard InChI is InChI=1S/C12H9FN2O3/c13-8-5-9(15(16)17)7-10(6-8)18-12-4-2-1-3-11(12)14/h1-7H,14H2. The minimum Gasteiger partial charge on any atom is -0.455 e. The minimum atomic E-state index is -0.742. The fourth-order valence-electron chi connectivity index (χ4n) is 1.41. The number of nitrogen functional groups attached to an aromatic ring is 1. The number of nitro benzene ring substituents is 1. The zero-order valence-corrected chi connectivity index (χ0v) is 9.17. The maximum Gasteiger partial charge on any atom is 0.276 e. The van der Waals surface area contributed by atoms with Gasteiger partial charge in [0.2, 0.25) is 0 Å². The van der Waals surface area contributed by atoms with E-state index in [4.69, 9.17) is 10.5 Å². The van der Waals surface area contributed by atoms with Crippen molar-refractivity contribution in [1.82, 2.24) is 0 Å². The second-order valence-electron chi connectivity index (χ2n) is 3.54. The van der Waals surface area contributed by atoms with E-state index >= 15 is 0 Å². The quantitative estimate of drug-likeness (QED) is 0.514. The number of benzene rings is 2. The molecule has 0 aliphatic carbocycles. The summed E-state index contributed by atoms with van der Waals surface area (Å²) in [5, 5.41) is 10.6. The molecule has 0 heterocycles. The van der Waals surface area contributed by atoms with E-state index in [0.717, 1.165) is 18.2 Å². The van der Waals surface area contributed by atoms with Crippen LogP contribution >= 0.6 is 0 Å². The Morgan fingerprint density at radius 2 is 1.94 bits per heavy atom. The number of ether oxygens (including phenoxy) is 1. The number of anilines is 1.